The lowest BCUT2D eigenvalue weighted by atomic mass is 10.00. The van der Waals surface area contributed by atoms with Gasteiger partial charge in [0.1, 0.15) is 33.5 Å². The number of aromatic nitrogens is 8. The van der Waals surface area contributed by atoms with E-state index in [1.165, 1.54) is 31.8 Å². The molecule has 8 heterocycles. The Morgan fingerprint density at radius 1 is 0.193 bits per heavy atom. The number of nitrogens with zero attached hydrogens (tertiary/aromatic N) is 8. The highest BCUT2D eigenvalue weighted by molar-refractivity contribution is 7.26. The molecule has 0 saturated heterocycles. The standard InChI is InChI=1S/C102H58N8O3S/c1-4-17-59(18-5-1)65-35-43-73-72-23-10-13-28-85(72)109(87(73)54-65)70-41-49-92-83(57-70)82-53-68(40-48-91(82)112-92)100-105-98(107-102(108-100)79-27-16-26-78-77-25-12-15-30-95(77)114-96(78)79)63-33-31-61(32-34-63)64-38-46-86-80(51-64)74-44-36-66(60-19-6-2-7-20-60)55-88(74)110(86)71-42-50-93-84(58-71)81-52-67(39-47-90(81)111-93)99-103-97(62-21-8-3-9-22-62)104-101(106-99)69-37-45-76-75-24-11-14-29-89(75)113-94(76)56-69/h1-58H. The van der Waals surface area contributed by atoms with Crippen LogP contribution in [0.25, 0.3) is 243 Å². The summed E-state index contributed by atoms with van der Waals surface area (Å²) in [6, 6.07) is 124. The predicted molar refractivity (Wildman–Crippen MR) is 466 cm³/mol. The van der Waals surface area contributed by atoms with Crippen LogP contribution in [-0.2, 0) is 0 Å². The zero-order valence-corrected chi connectivity index (χ0v) is 61.5. The van der Waals surface area contributed by atoms with E-state index in [0.29, 0.717) is 34.9 Å². The van der Waals surface area contributed by atoms with Crippen LogP contribution >= 0.6 is 11.3 Å². The van der Waals surface area contributed by atoms with Gasteiger partial charge in [0.25, 0.3) is 0 Å². The van der Waals surface area contributed by atoms with Gasteiger partial charge in [-0.2, -0.15) is 0 Å². The van der Waals surface area contributed by atoms with Crippen molar-refractivity contribution in [3.63, 3.8) is 0 Å². The van der Waals surface area contributed by atoms with Crippen LogP contribution in [0.5, 0.6) is 0 Å². The zero-order chi connectivity index (χ0) is 74.6. The topological polar surface area (TPSA) is 127 Å². The maximum Gasteiger partial charge on any atom is 0.165 e. The molecule has 114 heavy (non-hydrogen) atoms. The Morgan fingerprint density at radius 3 is 1.18 bits per heavy atom. The van der Waals surface area contributed by atoms with Crippen molar-refractivity contribution in [2.24, 2.45) is 0 Å². The van der Waals surface area contributed by atoms with Crippen LogP contribution in [0.1, 0.15) is 0 Å². The Labute approximate surface area is 653 Å². The van der Waals surface area contributed by atoms with E-state index in [-0.39, 0.29) is 0 Å². The monoisotopic (exact) mass is 1470 g/mol. The lowest BCUT2D eigenvalue weighted by Gasteiger charge is -2.11. The van der Waals surface area contributed by atoms with Crippen LogP contribution in [0.2, 0.25) is 0 Å². The number of rotatable bonds is 11. The van der Waals surface area contributed by atoms with Gasteiger partial charge in [-0.15, -0.1) is 11.3 Å². The third-order valence-corrected chi connectivity index (χ3v) is 23.9. The first kappa shape index (κ1) is 63.7. The maximum atomic E-state index is 6.68. The molecule has 8 aromatic heterocycles. The van der Waals surface area contributed by atoms with Crippen molar-refractivity contribution in [3.05, 3.63) is 352 Å². The highest BCUT2D eigenvalue weighted by Gasteiger charge is 2.24. The summed E-state index contributed by atoms with van der Waals surface area (Å²) in [6.07, 6.45) is 0. The summed E-state index contributed by atoms with van der Waals surface area (Å²) in [4.78, 5) is 31.7. The molecule has 0 spiro atoms. The van der Waals surface area contributed by atoms with E-state index < -0.39 is 0 Å². The Bertz CT molecular complexity index is 8120. The van der Waals surface area contributed by atoms with Gasteiger partial charge >= 0.3 is 0 Å². The Kier molecular flexibility index (Phi) is 14.0. The van der Waals surface area contributed by atoms with E-state index in [0.717, 1.165) is 176 Å². The smallest absolute Gasteiger partial charge is 0.165 e. The highest BCUT2D eigenvalue weighted by Crippen LogP contribution is 2.45. The van der Waals surface area contributed by atoms with Crippen molar-refractivity contribution in [2.75, 3.05) is 0 Å². The van der Waals surface area contributed by atoms with Crippen LogP contribution < -0.4 is 0 Å². The van der Waals surface area contributed by atoms with Crippen molar-refractivity contribution in [2.45, 2.75) is 0 Å². The van der Waals surface area contributed by atoms with E-state index >= 15 is 0 Å². The number of para-hydroxylation sites is 2. The van der Waals surface area contributed by atoms with Crippen LogP contribution in [0.4, 0.5) is 0 Å². The first-order valence-electron chi connectivity index (χ1n) is 38.1. The van der Waals surface area contributed by atoms with Gasteiger partial charge in [-0.1, -0.05) is 218 Å². The maximum absolute atomic E-state index is 6.68. The number of benzene rings is 16. The number of thiophene rings is 1. The van der Waals surface area contributed by atoms with Gasteiger partial charge in [0.15, 0.2) is 34.9 Å². The van der Waals surface area contributed by atoms with E-state index in [1.54, 1.807) is 11.3 Å². The summed E-state index contributed by atoms with van der Waals surface area (Å²) in [6.45, 7) is 0. The second kappa shape index (κ2) is 25.2. The Balaban J connectivity index is 0.612. The largest absolute Gasteiger partial charge is 0.456 e. The predicted octanol–water partition coefficient (Wildman–Crippen LogP) is 27.3. The Hall–Kier alpha value is -15.2. The van der Waals surface area contributed by atoms with Gasteiger partial charge in [-0.05, 0) is 167 Å². The Morgan fingerprint density at radius 2 is 0.561 bits per heavy atom. The van der Waals surface area contributed by atoms with Crippen molar-refractivity contribution < 1.29 is 13.3 Å². The van der Waals surface area contributed by atoms with E-state index in [9.17, 15) is 0 Å². The summed E-state index contributed by atoms with van der Waals surface area (Å²) in [5, 5.41) is 13.0. The van der Waals surface area contributed by atoms with Crippen LogP contribution in [0.3, 0.4) is 0 Å². The van der Waals surface area contributed by atoms with E-state index in [1.807, 2.05) is 66.7 Å². The molecule has 0 saturated carbocycles. The van der Waals surface area contributed by atoms with Crippen LogP contribution in [0, 0.1) is 0 Å². The molecule has 0 bridgehead atoms. The van der Waals surface area contributed by atoms with Crippen LogP contribution in [-0.4, -0.2) is 39.0 Å². The fraction of sp³-hybridized carbons (Fsp3) is 0. The number of furan rings is 3. The van der Waals surface area contributed by atoms with Gasteiger partial charge in [-0.3, -0.25) is 0 Å². The molecule has 12 heteroatoms. The summed E-state index contributed by atoms with van der Waals surface area (Å²) >= 11 is 1.77. The number of hydrogen-bond donors (Lipinski definition) is 0. The van der Waals surface area contributed by atoms with Gasteiger partial charge in [0, 0.05) is 119 Å². The molecule has 24 rings (SSSR count). The molecule has 530 valence electrons. The molecule has 0 aliphatic rings. The van der Waals surface area contributed by atoms with Gasteiger partial charge in [-0.25, -0.2) is 29.9 Å². The molecule has 0 atom stereocenters. The van der Waals surface area contributed by atoms with Crippen molar-refractivity contribution in [1.29, 1.82) is 0 Å². The third-order valence-electron chi connectivity index (χ3n) is 22.7. The fourth-order valence-electron chi connectivity index (χ4n) is 17.1. The molecule has 16 aromatic carbocycles. The first-order valence-corrected chi connectivity index (χ1v) is 38.9. The molecular weight excluding hydrogens is 1420 g/mol. The number of fused-ring (bicyclic) bond motifs is 18. The molecule has 0 unspecified atom stereocenters. The quantitative estimate of drug-likeness (QED) is 0.124. The van der Waals surface area contributed by atoms with Crippen molar-refractivity contribution in [1.82, 2.24) is 39.0 Å². The van der Waals surface area contributed by atoms with Gasteiger partial charge in [0.2, 0.25) is 0 Å². The minimum Gasteiger partial charge on any atom is -0.456 e. The lowest BCUT2D eigenvalue weighted by molar-refractivity contribution is 0.668. The molecule has 0 radical (unpaired) electrons. The van der Waals surface area contributed by atoms with Crippen molar-refractivity contribution in [3.8, 4) is 113 Å². The second-order valence-corrected chi connectivity index (χ2v) is 30.3. The molecule has 0 N–H and O–H groups in total. The lowest BCUT2D eigenvalue weighted by Crippen LogP contribution is -2.00. The van der Waals surface area contributed by atoms with E-state index in [2.05, 4.69) is 294 Å². The minimum absolute atomic E-state index is 0.544. The van der Waals surface area contributed by atoms with Gasteiger partial charge < -0.3 is 22.4 Å². The molecule has 0 aliphatic heterocycles. The molecule has 0 aliphatic carbocycles. The normalized spacial score (nSPS) is 12.0. The highest BCUT2D eigenvalue weighted by atomic mass is 32.1. The summed E-state index contributed by atoms with van der Waals surface area (Å²) in [7, 11) is 0. The summed E-state index contributed by atoms with van der Waals surface area (Å²) in [5.74, 6) is 3.38. The average Bonchev–Trinajstić information content (AvgIpc) is 1.57. The van der Waals surface area contributed by atoms with Crippen LogP contribution in [0.15, 0.2) is 365 Å². The van der Waals surface area contributed by atoms with E-state index in [4.69, 9.17) is 43.2 Å². The minimum atomic E-state index is 0.544. The molecule has 0 fully saturated rings. The SMILES string of the molecule is c1ccc(-c2ccc3c4ccccc4n(-c4ccc5oc6ccc(-c7nc(-c8ccc(-c9ccc%10c(c9)c9ccc(-c%11ccccc%11)cc9n%10-c9ccc%10oc%11ccc(-c%12nc(-c%13ccccc%13)nc(-c%13ccc%14c(c%13)oc%13ccccc%13%14)n%12)cc%11c%10c9)cc8)nc(-c8cccc9c8sc8ccccc89)n7)cc6c5c4)c3c2)cc1. The second-order valence-electron chi connectivity index (χ2n) is 29.2. The fourth-order valence-corrected chi connectivity index (χ4v) is 18.4. The van der Waals surface area contributed by atoms with Gasteiger partial charge in [0.05, 0.1) is 22.1 Å². The average molecular weight is 1480 g/mol. The first-order chi connectivity index (χ1) is 56.4. The molecule has 0 amide bonds. The molecule has 24 aromatic rings. The van der Waals surface area contributed by atoms with Crippen molar-refractivity contribution >= 4 is 141 Å². The summed E-state index contributed by atoms with van der Waals surface area (Å²) in [5.41, 5.74) is 23.1. The molecule has 11 nitrogen and oxygen atoms in total. The number of hydrogen-bond acceptors (Lipinski definition) is 10. The zero-order valence-electron chi connectivity index (χ0n) is 60.7. The molecular formula is C102H58N8O3S. The third kappa shape index (κ3) is 10.3. The summed E-state index contributed by atoms with van der Waals surface area (Å²) < 4.78 is 26.8.